The maximum atomic E-state index is 5.51. The van der Waals surface area contributed by atoms with Gasteiger partial charge in [-0.2, -0.15) is 10.2 Å². The number of nitrogens with two attached hydrogens (primary N) is 1. The van der Waals surface area contributed by atoms with Gasteiger partial charge in [-0.05, 0) is 19.5 Å². The third-order valence-electron chi connectivity index (χ3n) is 2.60. The normalized spacial score (nSPS) is 11.4. The SMILES string of the molecule is Cc1nn2nc(CCN)[nH]c2c1-n1cccn1. The molecule has 0 saturated carbocycles. The summed E-state index contributed by atoms with van der Waals surface area (Å²) in [5.41, 5.74) is 8.15. The van der Waals surface area contributed by atoms with E-state index < -0.39 is 0 Å². The lowest BCUT2D eigenvalue weighted by Crippen LogP contribution is -2.04. The minimum absolute atomic E-state index is 0.562. The van der Waals surface area contributed by atoms with Gasteiger partial charge in [0.1, 0.15) is 11.5 Å². The molecule has 0 spiro atoms. The molecule has 0 aliphatic rings. The molecule has 7 heteroatoms. The first-order valence-corrected chi connectivity index (χ1v) is 5.44. The second-order valence-electron chi connectivity index (χ2n) is 3.83. The average Bonchev–Trinajstić information content (AvgIpc) is 2.94. The number of aromatic amines is 1. The number of fused-ring (bicyclic) bond motifs is 1. The van der Waals surface area contributed by atoms with Crippen molar-refractivity contribution in [3.05, 3.63) is 30.0 Å². The minimum atomic E-state index is 0.562. The largest absolute Gasteiger partial charge is 0.330 e. The van der Waals surface area contributed by atoms with Crippen LogP contribution in [-0.4, -0.2) is 36.1 Å². The van der Waals surface area contributed by atoms with Crippen LogP contribution in [0.15, 0.2) is 18.5 Å². The standard InChI is InChI=1S/C10H13N7/c1-7-9(16-6-2-5-12-16)10-13-8(3-4-11)15-17(10)14-7/h2,5-6H,3-4,11H2,1H3,(H,13,15). The number of aromatic nitrogens is 6. The number of aryl methyl sites for hydroxylation is 1. The molecule has 3 aromatic heterocycles. The average molecular weight is 231 g/mol. The maximum absolute atomic E-state index is 5.51. The second-order valence-corrected chi connectivity index (χ2v) is 3.83. The van der Waals surface area contributed by atoms with Gasteiger partial charge in [0.15, 0.2) is 5.65 Å². The van der Waals surface area contributed by atoms with E-state index in [1.54, 1.807) is 15.5 Å². The van der Waals surface area contributed by atoms with E-state index >= 15 is 0 Å². The van der Waals surface area contributed by atoms with Crippen LogP contribution in [0, 0.1) is 6.92 Å². The van der Waals surface area contributed by atoms with E-state index in [4.69, 9.17) is 5.73 Å². The second kappa shape index (κ2) is 3.70. The smallest absolute Gasteiger partial charge is 0.181 e. The Kier molecular flexibility index (Phi) is 2.19. The van der Waals surface area contributed by atoms with Crippen molar-refractivity contribution in [3.8, 4) is 5.69 Å². The number of hydrogen-bond donors (Lipinski definition) is 2. The minimum Gasteiger partial charge on any atom is -0.330 e. The van der Waals surface area contributed by atoms with E-state index in [1.165, 1.54) is 0 Å². The molecule has 17 heavy (non-hydrogen) atoms. The quantitative estimate of drug-likeness (QED) is 0.666. The summed E-state index contributed by atoms with van der Waals surface area (Å²) in [6, 6.07) is 1.88. The summed E-state index contributed by atoms with van der Waals surface area (Å²) < 4.78 is 3.37. The van der Waals surface area contributed by atoms with Gasteiger partial charge < -0.3 is 10.7 Å². The summed E-state index contributed by atoms with van der Waals surface area (Å²) in [5, 5.41) is 12.9. The van der Waals surface area contributed by atoms with Gasteiger partial charge in [0.05, 0.1) is 5.69 Å². The molecule has 0 aliphatic carbocycles. The van der Waals surface area contributed by atoms with E-state index in [9.17, 15) is 0 Å². The molecule has 0 amide bonds. The molecule has 3 heterocycles. The van der Waals surface area contributed by atoms with Gasteiger partial charge in [-0.3, -0.25) is 0 Å². The van der Waals surface area contributed by atoms with Crippen molar-refractivity contribution in [2.24, 2.45) is 5.73 Å². The highest BCUT2D eigenvalue weighted by atomic mass is 15.5. The number of nitrogens with zero attached hydrogens (tertiary/aromatic N) is 5. The highest BCUT2D eigenvalue weighted by Crippen LogP contribution is 2.17. The number of rotatable bonds is 3. The third-order valence-corrected chi connectivity index (χ3v) is 2.60. The Labute approximate surface area is 97.2 Å². The van der Waals surface area contributed by atoms with Crippen molar-refractivity contribution in [2.75, 3.05) is 6.54 Å². The number of hydrogen-bond acceptors (Lipinski definition) is 4. The lowest BCUT2D eigenvalue weighted by atomic mass is 10.4. The van der Waals surface area contributed by atoms with Crippen molar-refractivity contribution in [3.63, 3.8) is 0 Å². The van der Waals surface area contributed by atoms with Crippen LogP contribution in [0.3, 0.4) is 0 Å². The maximum Gasteiger partial charge on any atom is 0.181 e. The molecule has 7 nitrogen and oxygen atoms in total. The molecular weight excluding hydrogens is 218 g/mol. The van der Waals surface area contributed by atoms with Crippen LogP contribution >= 0.6 is 0 Å². The third kappa shape index (κ3) is 1.51. The van der Waals surface area contributed by atoms with E-state index in [2.05, 4.69) is 20.3 Å². The van der Waals surface area contributed by atoms with Gasteiger partial charge in [-0.1, -0.05) is 0 Å². The summed E-state index contributed by atoms with van der Waals surface area (Å²) in [4.78, 5) is 3.22. The Morgan fingerprint density at radius 3 is 3.00 bits per heavy atom. The first kappa shape index (κ1) is 10.0. The Hall–Kier alpha value is -2.15. The molecule has 88 valence electrons. The monoisotopic (exact) mass is 231 g/mol. The van der Waals surface area contributed by atoms with Crippen LogP contribution in [0.25, 0.3) is 11.3 Å². The summed E-state index contributed by atoms with van der Waals surface area (Å²) in [6.07, 6.45) is 4.33. The van der Waals surface area contributed by atoms with E-state index in [-0.39, 0.29) is 0 Å². The molecule has 0 aliphatic heterocycles. The summed E-state index contributed by atoms with van der Waals surface area (Å²) in [7, 11) is 0. The zero-order valence-electron chi connectivity index (χ0n) is 9.46. The molecule has 3 aromatic rings. The molecule has 3 rings (SSSR count). The van der Waals surface area contributed by atoms with Crippen molar-refractivity contribution < 1.29 is 0 Å². The topological polar surface area (TPSA) is 89.8 Å². The van der Waals surface area contributed by atoms with Crippen LogP contribution in [0.4, 0.5) is 0 Å². The Morgan fingerprint density at radius 2 is 2.29 bits per heavy atom. The van der Waals surface area contributed by atoms with Gasteiger partial charge in [0.2, 0.25) is 0 Å². The fourth-order valence-electron chi connectivity index (χ4n) is 1.89. The summed E-state index contributed by atoms with van der Waals surface area (Å²) in [6.45, 7) is 2.49. The van der Waals surface area contributed by atoms with Gasteiger partial charge in [-0.25, -0.2) is 4.68 Å². The molecule has 0 radical (unpaired) electrons. The summed E-state index contributed by atoms with van der Waals surface area (Å²) in [5.74, 6) is 0.836. The van der Waals surface area contributed by atoms with Crippen LogP contribution in [0.1, 0.15) is 11.5 Å². The Bertz CT molecular complexity index is 631. The zero-order chi connectivity index (χ0) is 11.8. The van der Waals surface area contributed by atoms with Gasteiger partial charge in [-0.15, -0.1) is 9.73 Å². The molecule has 0 unspecified atom stereocenters. The lowest BCUT2D eigenvalue weighted by Gasteiger charge is -1.97. The van der Waals surface area contributed by atoms with Crippen LogP contribution in [0.2, 0.25) is 0 Å². The number of H-pyrrole nitrogens is 1. The van der Waals surface area contributed by atoms with Gasteiger partial charge in [0, 0.05) is 18.8 Å². The van der Waals surface area contributed by atoms with Crippen LogP contribution < -0.4 is 5.73 Å². The fraction of sp³-hybridized carbons (Fsp3) is 0.300. The molecule has 0 atom stereocenters. The molecular formula is C10H13N7. The molecule has 0 bridgehead atoms. The molecule has 0 aromatic carbocycles. The van der Waals surface area contributed by atoms with E-state index in [0.29, 0.717) is 13.0 Å². The molecule has 0 fully saturated rings. The first-order valence-electron chi connectivity index (χ1n) is 5.44. The fourth-order valence-corrected chi connectivity index (χ4v) is 1.89. The highest BCUT2D eigenvalue weighted by molar-refractivity contribution is 5.60. The van der Waals surface area contributed by atoms with Crippen LogP contribution in [-0.2, 0) is 6.42 Å². The highest BCUT2D eigenvalue weighted by Gasteiger charge is 2.15. The molecule has 3 N–H and O–H groups in total. The predicted molar refractivity (Wildman–Crippen MR) is 62.0 cm³/mol. The number of nitrogens with one attached hydrogen (secondary N) is 1. The van der Waals surface area contributed by atoms with Gasteiger partial charge >= 0.3 is 0 Å². The summed E-state index contributed by atoms with van der Waals surface area (Å²) >= 11 is 0. The van der Waals surface area contributed by atoms with Crippen LogP contribution in [0.5, 0.6) is 0 Å². The van der Waals surface area contributed by atoms with Crippen molar-refractivity contribution >= 4 is 5.65 Å². The van der Waals surface area contributed by atoms with E-state index in [0.717, 1.165) is 22.9 Å². The van der Waals surface area contributed by atoms with Crippen molar-refractivity contribution in [1.29, 1.82) is 0 Å². The first-order chi connectivity index (χ1) is 8.29. The lowest BCUT2D eigenvalue weighted by molar-refractivity contribution is 0.765. The Morgan fingerprint density at radius 1 is 1.41 bits per heavy atom. The van der Waals surface area contributed by atoms with E-state index in [1.807, 2.05) is 19.2 Å². The van der Waals surface area contributed by atoms with Gasteiger partial charge in [0.25, 0.3) is 0 Å². The van der Waals surface area contributed by atoms with Crippen molar-refractivity contribution in [1.82, 2.24) is 29.6 Å². The zero-order valence-corrected chi connectivity index (χ0v) is 9.46. The predicted octanol–water partition coefficient (Wildman–Crippen LogP) is 0.0527. The Balaban J connectivity index is 2.19. The van der Waals surface area contributed by atoms with Crippen molar-refractivity contribution in [2.45, 2.75) is 13.3 Å². The molecule has 0 saturated heterocycles.